The van der Waals surface area contributed by atoms with Crippen LogP contribution >= 0.6 is 12.2 Å². The summed E-state index contributed by atoms with van der Waals surface area (Å²) in [6.07, 6.45) is 2.07. The number of thiocarbonyl (C=S) groups is 1. The molecule has 11 heavy (non-hydrogen) atoms. The summed E-state index contributed by atoms with van der Waals surface area (Å²) in [6, 6.07) is 0.487. The van der Waals surface area contributed by atoms with E-state index in [2.05, 4.69) is 0 Å². The van der Waals surface area contributed by atoms with Gasteiger partial charge in [0, 0.05) is 26.3 Å². The maximum Gasteiger partial charge on any atom is 0.166 e. The standard InChI is InChI=1S/C7H14N2OS/c1-9(7(8)11)6-2-4-10-5-3-6/h6H,2-5H2,1H3,(H2,8,11). The highest BCUT2D eigenvalue weighted by Gasteiger charge is 2.18. The third-order valence-corrected chi connectivity index (χ3v) is 2.37. The van der Waals surface area contributed by atoms with Gasteiger partial charge in [0.1, 0.15) is 0 Å². The Bertz CT molecular complexity index is 145. The third kappa shape index (κ3) is 2.31. The van der Waals surface area contributed by atoms with Crippen molar-refractivity contribution in [1.29, 1.82) is 0 Å². The van der Waals surface area contributed by atoms with Crippen LogP contribution in [0.5, 0.6) is 0 Å². The zero-order valence-electron chi connectivity index (χ0n) is 6.75. The SMILES string of the molecule is CN(C(N)=S)C1CCOCC1. The first kappa shape index (κ1) is 8.74. The van der Waals surface area contributed by atoms with Crippen molar-refractivity contribution in [3.8, 4) is 0 Å². The van der Waals surface area contributed by atoms with Crippen LogP contribution in [0, 0.1) is 0 Å². The molecule has 1 fully saturated rings. The van der Waals surface area contributed by atoms with Crippen molar-refractivity contribution in [3.63, 3.8) is 0 Å². The molecule has 1 rings (SSSR count). The molecule has 0 unspecified atom stereocenters. The van der Waals surface area contributed by atoms with E-state index in [9.17, 15) is 0 Å². The summed E-state index contributed by atoms with van der Waals surface area (Å²) in [5.74, 6) is 0. The van der Waals surface area contributed by atoms with E-state index < -0.39 is 0 Å². The van der Waals surface area contributed by atoms with Crippen LogP contribution in [-0.4, -0.2) is 36.3 Å². The Morgan fingerprint density at radius 3 is 2.55 bits per heavy atom. The minimum absolute atomic E-state index is 0.483. The molecule has 1 aliphatic heterocycles. The van der Waals surface area contributed by atoms with E-state index in [1.54, 1.807) is 0 Å². The summed E-state index contributed by atoms with van der Waals surface area (Å²) in [7, 11) is 1.94. The second-order valence-corrected chi connectivity index (χ2v) is 3.21. The van der Waals surface area contributed by atoms with Crippen molar-refractivity contribution in [2.75, 3.05) is 20.3 Å². The van der Waals surface area contributed by atoms with Crippen molar-refractivity contribution in [2.24, 2.45) is 5.73 Å². The first-order valence-electron chi connectivity index (χ1n) is 3.82. The molecule has 1 saturated heterocycles. The molecule has 2 N–H and O–H groups in total. The Balaban J connectivity index is 2.38. The number of rotatable bonds is 1. The monoisotopic (exact) mass is 174 g/mol. The molecule has 0 aliphatic carbocycles. The fourth-order valence-corrected chi connectivity index (χ4v) is 1.40. The average Bonchev–Trinajstić information content (AvgIpc) is 2.05. The van der Waals surface area contributed by atoms with Gasteiger partial charge in [-0.1, -0.05) is 0 Å². The summed E-state index contributed by atoms with van der Waals surface area (Å²) in [6.45, 7) is 1.66. The van der Waals surface area contributed by atoms with Gasteiger partial charge in [-0.05, 0) is 25.1 Å². The van der Waals surface area contributed by atoms with E-state index in [0.29, 0.717) is 11.2 Å². The first-order valence-corrected chi connectivity index (χ1v) is 4.22. The minimum atomic E-state index is 0.483. The van der Waals surface area contributed by atoms with E-state index >= 15 is 0 Å². The van der Waals surface area contributed by atoms with Crippen LogP contribution in [0.2, 0.25) is 0 Å². The Morgan fingerprint density at radius 1 is 1.55 bits per heavy atom. The molecule has 1 aliphatic rings. The van der Waals surface area contributed by atoms with Crippen molar-refractivity contribution >= 4 is 17.3 Å². The largest absolute Gasteiger partial charge is 0.381 e. The van der Waals surface area contributed by atoms with Gasteiger partial charge in [0.2, 0.25) is 0 Å². The van der Waals surface area contributed by atoms with Gasteiger partial charge in [-0.2, -0.15) is 0 Å². The maximum atomic E-state index is 5.48. The number of nitrogens with zero attached hydrogens (tertiary/aromatic N) is 1. The predicted octanol–water partition coefficient (Wildman–Crippen LogP) is 0.341. The molecule has 0 aromatic heterocycles. The lowest BCUT2D eigenvalue weighted by Gasteiger charge is -2.31. The van der Waals surface area contributed by atoms with Crippen molar-refractivity contribution in [3.05, 3.63) is 0 Å². The molecule has 1 heterocycles. The molecule has 0 spiro atoms. The maximum absolute atomic E-state index is 5.48. The van der Waals surface area contributed by atoms with Crippen LogP contribution in [0.1, 0.15) is 12.8 Å². The normalized spacial score (nSPS) is 19.7. The van der Waals surface area contributed by atoms with E-state index in [0.717, 1.165) is 26.1 Å². The molecular weight excluding hydrogens is 160 g/mol. The molecule has 0 aromatic carbocycles. The smallest absolute Gasteiger partial charge is 0.166 e. The van der Waals surface area contributed by atoms with Gasteiger partial charge in [-0.25, -0.2) is 0 Å². The van der Waals surface area contributed by atoms with Crippen LogP contribution in [0.25, 0.3) is 0 Å². The van der Waals surface area contributed by atoms with Gasteiger partial charge < -0.3 is 15.4 Å². The summed E-state index contributed by atoms with van der Waals surface area (Å²) in [5, 5.41) is 0.483. The van der Waals surface area contributed by atoms with E-state index in [-0.39, 0.29) is 0 Å². The average molecular weight is 174 g/mol. The molecule has 0 bridgehead atoms. The van der Waals surface area contributed by atoms with Crippen LogP contribution in [0.15, 0.2) is 0 Å². The molecule has 0 aromatic rings. The molecular formula is C7H14N2OS. The zero-order valence-corrected chi connectivity index (χ0v) is 7.56. The summed E-state index contributed by atoms with van der Waals surface area (Å²) >= 11 is 4.86. The van der Waals surface area contributed by atoms with Crippen LogP contribution < -0.4 is 5.73 Å². The van der Waals surface area contributed by atoms with Gasteiger partial charge in [-0.3, -0.25) is 0 Å². The Morgan fingerprint density at radius 2 is 2.09 bits per heavy atom. The van der Waals surface area contributed by atoms with Crippen molar-refractivity contribution in [2.45, 2.75) is 18.9 Å². The lowest BCUT2D eigenvalue weighted by atomic mass is 10.1. The highest BCUT2D eigenvalue weighted by atomic mass is 32.1. The van der Waals surface area contributed by atoms with Crippen molar-refractivity contribution in [1.82, 2.24) is 4.90 Å². The molecule has 0 atom stereocenters. The fraction of sp³-hybridized carbons (Fsp3) is 0.857. The molecule has 0 saturated carbocycles. The topological polar surface area (TPSA) is 38.5 Å². The molecule has 64 valence electrons. The number of hydrogen-bond donors (Lipinski definition) is 1. The van der Waals surface area contributed by atoms with Gasteiger partial charge in [-0.15, -0.1) is 0 Å². The van der Waals surface area contributed by atoms with Gasteiger partial charge in [0.05, 0.1) is 0 Å². The van der Waals surface area contributed by atoms with E-state index in [1.807, 2.05) is 11.9 Å². The second-order valence-electron chi connectivity index (χ2n) is 2.79. The quantitative estimate of drug-likeness (QED) is 0.582. The number of ether oxygens (including phenoxy) is 1. The van der Waals surface area contributed by atoms with Crippen LogP contribution in [-0.2, 0) is 4.74 Å². The molecule has 0 radical (unpaired) electrons. The summed E-state index contributed by atoms with van der Waals surface area (Å²) in [5.41, 5.74) is 5.48. The second kappa shape index (κ2) is 3.88. The zero-order chi connectivity index (χ0) is 8.27. The fourth-order valence-electron chi connectivity index (χ4n) is 1.25. The Hall–Kier alpha value is -0.350. The third-order valence-electron chi connectivity index (χ3n) is 2.09. The number of nitrogens with two attached hydrogens (primary N) is 1. The summed E-state index contributed by atoms with van der Waals surface area (Å²) < 4.78 is 5.22. The van der Waals surface area contributed by atoms with Crippen LogP contribution in [0.3, 0.4) is 0 Å². The number of hydrogen-bond acceptors (Lipinski definition) is 2. The predicted molar refractivity (Wildman–Crippen MR) is 48.4 cm³/mol. The lowest BCUT2D eigenvalue weighted by molar-refractivity contribution is 0.0608. The first-order chi connectivity index (χ1) is 5.22. The van der Waals surface area contributed by atoms with Gasteiger partial charge in [0.15, 0.2) is 5.11 Å². The highest BCUT2D eigenvalue weighted by molar-refractivity contribution is 7.80. The molecule has 4 heteroatoms. The van der Waals surface area contributed by atoms with E-state index in [4.69, 9.17) is 22.7 Å². The van der Waals surface area contributed by atoms with Crippen molar-refractivity contribution < 1.29 is 4.74 Å². The van der Waals surface area contributed by atoms with Gasteiger partial charge in [0.25, 0.3) is 0 Å². The molecule has 0 amide bonds. The highest BCUT2D eigenvalue weighted by Crippen LogP contribution is 2.11. The minimum Gasteiger partial charge on any atom is -0.381 e. The Labute approximate surface area is 72.5 Å². The van der Waals surface area contributed by atoms with Crippen LogP contribution in [0.4, 0.5) is 0 Å². The van der Waals surface area contributed by atoms with Gasteiger partial charge >= 0.3 is 0 Å². The van der Waals surface area contributed by atoms with E-state index in [1.165, 1.54) is 0 Å². The summed E-state index contributed by atoms with van der Waals surface area (Å²) in [4.78, 5) is 1.96. The molecule has 3 nitrogen and oxygen atoms in total. The Kier molecular flexibility index (Phi) is 3.08. The lowest BCUT2D eigenvalue weighted by Crippen LogP contribution is -2.43.